The lowest BCUT2D eigenvalue weighted by molar-refractivity contribution is 0.475. The highest BCUT2D eigenvalue weighted by molar-refractivity contribution is 5.18. The molecule has 0 spiro atoms. The molecule has 1 heteroatoms. The van der Waals surface area contributed by atoms with Crippen molar-refractivity contribution in [2.24, 2.45) is 0 Å². The quantitative estimate of drug-likeness (QED) is 0.582. The van der Waals surface area contributed by atoms with E-state index in [1.54, 1.807) is 24.3 Å². The van der Waals surface area contributed by atoms with Crippen LogP contribution in [-0.4, -0.2) is 5.11 Å². The van der Waals surface area contributed by atoms with Crippen molar-refractivity contribution in [1.29, 1.82) is 0 Å². The number of para-hydroxylation sites is 1. The molecule has 0 aromatic heterocycles. The number of phenolic OH excluding ortho intramolecular Hbond substituents is 1. The largest absolute Gasteiger partial charge is 0.508 e. The van der Waals surface area contributed by atoms with Crippen molar-refractivity contribution in [2.75, 3.05) is 0 Å². The Kier molecular flexibility index (Phi) is 5.54. The van der Waals surface area contributed by atoms with E-state index in [-0.39, 0.29) is 0 Å². The second-order valence-electron chi connectivity index (χ2n) is 1.84. The maximum absolute atomic E-state index is 8.63. The van der Waals surface area contributed by atoms with Crippen LogP contribution in [0.15, 0.2) is 30.3 Å². The van der Waals surface area contributed by atoms with Crippen molar-refractivity contribution in [3.8, 4) is 5.75 Å². The molecule has 55 valence electrons. The monoisotopic (exact) mass is 137 g/mol. The van der Waals surface area contributed by atoms with E-state index < -0.39 is 0 Å². The average molecular weight is 137 g/mol. The molecule has 0 atom stereocenters. The Morgan fingerprint density at radius 2 is 1.70 bits per heavy atom. The Morgan fingerprint density at radius 3 is 1.90 bits per heavy atom. The van der Waals surface area contributed by atoms with E-state index >= 15 is 0 Å². The van der Waals surface area contributed by atoms with Crippen molar-refractivity contribution in [1.82, 2.24) is 0 Å². The Labute approximate surface area is 62.3 Å². The van der Waals surface area contributed by atoms with Crippen LogP contribution in [0.5, 0.6) is 5.75 Å². The van der Waals surface area contributed by atoms with Crippen LogP contribution < -0.4 is 0 Å². The summed E-state index contributed by atoms with van der Waals surface area (Å²) >= 11 is 0. The van der Waals surface area contributed by atoms with Gasteiger partial charge in [0.15, 0.2) is 0 Å². The van der Waals surface area contributed by atoms with Crippen LogP contribution in [0, 0.1) is 6.92 Å². The van der Waals surface area contributed by atoms with Gasteiger partial charge in [0, 0.05) is 0 Å². The third-order valence-corrected chi connectivity index (χ3v) is 0.756. The van der Waals surface area contributed by atoms with Crippen molar-refractivity contribution in [3.05, 3.63) is 37.3 Å². The highest BCUT2D eigenvalue weighted by Gasteiger charge is 1.74. The number of rotatable bonds is 0. The summed E-state index contributed by atoms with van der Waals surface area (Å²) in [6.07, 6.45) is 1.00. The summed E-state index contributed by atoms with van der Waals surface area (Å²) in [6.45, 7) is 5.50. The molecule has 0 saturated carbocycles. The fourth-order valence-electron chi connectivity index (χ4n) is 0.428. The maximum atomic E-state index is 8.63. The first-order chi connectivity index (χ1) is 4.81. The first-order valence-electron chi connectivity index (χ1n) is 3.34. The van der Waals surface area contributed by atoms with Crippen LogP contribution in [0.1, 0.15) is 13.3 Å². The van der Waals surface area contributed by atoms with Crippen molar-refractivity contribution in [3.63, 3.8) is 0 Å². The van der Waals surface area contributed by atoms with Gasteiger partial charge >= 0.3 is 0 Å². The highest BCUT2D eigenvalue weighted by atomic mass is 16.3. The number of hydrogen-bond acceptors (Lipinski definition) is 1. The lowest BCUT2D eigenvalue weighted by Crippen LogP contribution is -1.56. The van der Waals surface area contributed by atoms with Gasteiger partial charge in [-0.3, -0.25) is 0 Å². The fraction of sp³-hybridized carbons (Fsp3) is 0.222. The molecule has 1 aromatic rings. The molecule has 1 aromatic carbocycles. The normalized spacial score (nSPS) is 7.80. The van der Waals surface area contributed by atoms with Crippen molar-refractivity contribution in [2.45, 2.75) is 13.3 Å². The third kappa shape index (κ3) is 5.16. The van der Waals surface area contributed by atoms with Gasteiger partial charge in [-0.05, 0) is 12.1 Å². The first-order valence-corrected chi connectivity index (χ1v) is 3.34. The molecule has 1 N–H and O–H groups in total. The van der Waals surface area contributed by atoms with Crippen molar-refractivity contribution < 1.29 is 5.11 Å². The maximum Gasteiger partial charge on any atom is 0.115 e. The molecule has 0 bridgehead atoms. The Morgan fingerprint density at radius 1 is 1.30 bits per heavy atom. The summed E-state index contributed by atoms with van der Waals surface area (Å²) < 4.78 is 0. The van der Waals surface area contributed by atoms with Crippen LogP contribution >= 0.6 is 0 Å². The lowest BCUT2D eigenvalue weighted by atomic mass is 10.3. The second-order valence-corrected chi connectivity index (χ2v) is 1.84. The molecule has 0 amide bonds. The summed E-state index contributed by atoms with van der Waals surface area (Å²) in [5, 5.41) is 8.63. The second kappa shape index (κ2) is 6.14. The molecule has 0 heterocycles. The van der Waals surface area contributed by atoms with Crippen molar-refractivity contribution >= 4 is 0 Å². The van der Waals surface area contributed by atoms with E-state index in [2.05, 4.69) is 6.92 Å². The third-order valence-electron chi connectivity index (χ3n) is 0.756. The molecule has 0 aliphatic heterocycles. The minimum absolute atomic E-state index is 0.322. The van der Waals surface area contributed by atoms with Gasteiger partial charge in [0.25, 0.3) is 0 Å². The highest BCUT2D eigenvalue weighted by Crippen LogP contribution is 2.02. The summed E-state index contributed by atoms with van der Waals surface area (Å²) in [6, 6.07) is 8.71. The molecule has 0 saturated heterocycles. The van der Waals surface area contributed by atoms with Crippen LogP contribution in [0.4, 0.5) is 0 Å². The number of benzene rings is 1. The van der Waals surface area contributed by atoms with Gasteiger partial charge in [0.05, 0.1) is 0 Å². The molecule has 1 rings (SSSR count). The van der Waals surface area contributed by atoms with Gasteiger partial charge in [-0.2, -0.15) is 0 Å². The molecule has 0 fully saturated rings. The zero-order valence-corrected chi connectivity index (χ0v) is 6.25. The van der Waals surface area contributed by atoms with E-state index in [1.807, 2.05) is 13.0 Å². The van der Waals surface area contributed by atoms with Gasteiger partial charge in [0.1, 0.15) is 5.75 Å². The molecule has 1 nitrogen and oxygen atoms in total. The summed E-state index contributed by atoms with van der Waals surface area (Å²) in [5.41, 5.74) is 0. The number of phenols is 1. The van der Waals surface area contributed by atoms with E-state index in [9.17, 15) is 0 Å². The van der Waals surface area contributed by atoms with Gasteiger partial charge in [0.2, 0.25) is 0 Å². The molecular weight excluding hydrogens is 124 g/mol. The van der Waals surface area contributed by atoms with Gasteiger partial charge in [-0.15, -0.1) is 0 Å². The van der Waals surface area contributed by atoms with E-state index in [4.69, 9.17) is 5.11 Å². The average Bonchev–Trinajstić information content (AvgIpc) is 1.91. The first kappa shape index (κ1) is 9.02. The number of hydrogen-bond donors (Lipinski definition) is 1. The standard InChI is InChI=1S/C6H6O.C3H7/c7-6-4-2-1-3-5-6;1-3-2/h1-5,7H;1,3H2,2H3. The molecule has 0 aliphatic carbocycles. The van der Waals surface area contributed by atoms with E-state index in [1.165, 1.54) is 0 Å². The topological polar surface area (TPSA) is 20.2 Å². The van der Waals surface area contributed by atoms with Crippen LogP contribution in [0.3, 0.4) is 0 Å². The smallest absolute Gasteiger partial charge is 0.115 e. The van der Waals surface area contributed by atoms with Crippen LogP contribution in [-0.2, 0) is 0 Å². The summed E-state index contributed by atoms with van der Waals surface area (Å²) in [5.74, 6) is 0.322. The van der Waals surface area contributed by atoms with Crippen LogP contribution in [0.25, 0.3) is 0 Å². The van der Waals surface area contributed by atoms with E-state index in [0.717, 1.165) is 6.42 Å². The summed E-state index contributed by atoms with van der Waals surface area (Å²) in [4.78, 5) is 0. The lowest BCUT2D eigenvalue weighted by Gasteiger charge is -1.82. The molecule has 0 unspecified atom stereocenters. The van der Waals surface area contributed by atoms with E-state index in [0.29, 0.717) is 5.75 Å². The molecule has 10 heavy (non-hydrogen) atoms. The summed E-state index contributed by atoms with van der Waals surface area (Å²) in [7, 11) is 0. The molecular formula is C9H13O. The molecule has 1 radical (unpaired) electrons. The Bertz CT molecular complexity index is 146. The van der Waals surface area contributed by atoms with Gasteiger partial charge in [-0.25, -0.2) is 0 Å². The zero-order chi connectivity index (χ0) is 7.82. The fourth-order valence-corrected chi connectivity index (χ4v) is 0.428. The Hall–Kier alpha value is -0.980. The number of aromatic hydroxyl groups is 1. The zero-order valence-electron chi connectivity index (χ0n) is 6.25. The molecule has 0 aliphatic rings. The predicted molar refractivity (Wildman–Crippen MR) is 43.8 cm³/mol. The van der Waals surface area contributed by atoms with Gasteiger partial charge < -0.3 is 5.11 Å². The predicted octanol–water partition coefficient (Wildman–Crippen LogP) is 2.62. The van der Waals surface area contributed by atoms with Crippen LogP contribution in [0.2, 0.25) is 0 Å². The van der Waals surface area contributed by atoms with Gasteiger partial charge in [-0.1, -0.05) is 38.5 Å². The minimum atomic E-state index is 0.322. The minimum Gasteiger partial charge on any atom is -0.508 e. The Balaban J connectivity index is 0.000000236. The SMILES string of the molecule is Oc1ccccc1.[CH2]CC.